The van der Waals surface area contributed by atoms with Gasteiger partial charge in [0.15, 0.2) is 0 Å². The van der Waals surface area contributed by atoms with Crippen LogP contribution in [-0.2, 0) is 0 Å². The number of carbonyl (C=O) groups excluding carboxylic acids is 1. The number of hydrogen-bond acceptors (Lipinski definition) is 3. The Bertz CT molecular complexity index is 719. The lowest BCUT2D eigenvalue weighted by atomic mass is 9.95. The van der Waals surface area contributed by atoms with Crippen LogP contribution < -0.4 is 5.32 Å². The standard InChI is InChI=1S/C19H20N2O2/c1-14(7-6-12-22)21-19(23)18-11-5-4-10-17(18)16-9-3-2-8-15(16)13-20/h2-5,8-11,14,22H,6-7,12H2,1H3,(H,21,23). The number of benzene rings is 2. The zero-order valence-electron chi connectivity index (χ0n) is 13.1. The fraction of sp³-hybridized carbons (Fsp3) is 0.263. The lowest BCUT2D eigenvalue weighted by molar-refractivity contribution is 0.0937. The second-order valence-electron chi connectivity index (χ2n) is 5.44. The zero-order chi connectivity index (χ0) is 16.7. The van der Waals surface area contributed by atoms with Crippen LogP contribution in [-0.4, -0.2) is 23.7 Å². The van der Waals surface area contributed by atoms with E-state index in [0.29, 0.717) is 17.5 Å². The Kier molecular flexibility index (Phi) is 5.90. The number of nitrogens with zero attached hydrogens (tertiary/aromatic N) is 1. The van der Waals surface area contributed by atoms with Gasteiger partial charge in [0, 0.05) is 23.8 Å². The van der Waals surface area contributed by atoms with E-state index in [2.05, 4.69) is 11.4 Å². The molecule has 0 radical (unpaired) electrons. The van der Waals surface area contributed by atoms with Gasteiger partial charge in [-0.2, -0.15) is 5.26 Å². The maximum Gasteiger partial charge on any atom is 0.252 e. The third-order valence-electron chi connectivity index (χ3n) is 3.68. The van der Waals surface area contributed by atoms with Crippen molar-refractivity contribution in [3.8, 4) is 17.2 Å². The van der Waals surface area contributed by atoms with Crippen molar-refractivity contribution in [1.82, 2.24) is 5.32 Å². The largest absolute Gasteiger partial charge is 0.396 e. The predicted octanol–water partition coefficient (Wildman–Crippen LogP) is 3.12. The Balaban J connectivity index is 2.31. The van der Waals surface area contributed by atoms with Crippen LogP contribution in [0.3, 0.4) is 0 Å². The lowest BCUT2D eigenvalue weighted by Crippen LogP contribution is -2.33. The predicted molar refractivity (Wildman–Crippen MR) is 89.8 cm³/mol. The van der Waals surface area contributed by atoms with Crippen molar-refractivity contribution in [2.75, 3.05) is 6.61 Å². The minimum Gasteiger partial charge on any atom is -0.396 e. The van der Waals surface area contributed by atoms with Gasteiger partial charge in [-0.05, 0) is 37.5 Å². The van der Waals surface area contributed by atoms with Crippen LogP contribution in [0, 0.1) is 11.3 Å². The van der Waals surface area contributed by atoms with E-state index in [-0.39, 0.29) is 18.6 Å². The first-order valence-electron chi connectivity index (χ1n) is 7.67. The van der Waals surface area contributed by atoms with Gasteiger partial charge in [0.25, 0.3) is 5.91 Å². The van der Waals surface area contributed by atoms with E-state index in [4.69, 9.17) is 5.11 Å². The molecule has 2 rings (SSSR count). The number of hydrogen-bond donors (Lipinski definition) is 2. The molecule has 0 aromatic heterocycles. The average Bonchev–Trinajstić information content (AvgIpc) is 2.59. The molecule has 0 aliphatic rings. The topological polar surface area (TPSA) is 73.1 Å². The van der Waals surface area contributed by atoms with Gasteiger partial charge in [-0.25, -0.2) is 0 Å². The van der Waals surface area contributed by atoms with Crippen molar-refractivity contribution < 1.29 is 9.90 Å². The monoisotopic (exact) mass is 308 g/mol. The molecule has 0 aliphatic heterocycles. The molecule has 0 heterocycles. The Labute approximate surface area is 136 Å². The van der Waals surface area contributed by atoms with Crippen LogP contribution in [0.2, 0.25) is 0 Å². The quantitative estimate of drug-likeness (QED) is 0.861. The van der Waals surface area contributed by atoms with E-state index >= 15 is 0 Å². The van der Waals surface area contributed by atoms with Crippen LogP contribution in [0.25, 0.3) is 11.1 Å². The van der Waals surface area contributed by atoms with Crippen molar-refractivity contribution in [1.29, 1.82) is 5.26 Å². The van der Waals surface area contributed by atoms with Gasteiger partial charge in [-0.15, -0.1) is 0 Å². The molecule has 4 heteroatoms. The summed E-state index contributed by atoms with van der Waals surface area (Å²) in [5, 5.41) is 21.1. The molecule has 0 bridgehead atoms. The molecule has 1 amide bonds. The van der Waals surface area contributed by atoms with Crippen molar-refractivity contribution in [2.24, 2.45) is 0 Å². The molecule has 0 spiro atoms. The van der Waals surface area contributed by atoms with E-state index in [1.807, 2.05) is 43.3 Å². The number of amides is 1. The molecule has 1 unspecified atom stereocenters. The number of nitriles is 1. The van der Waals surface area contributed by atoms with Crippen molar-refractivity contribution in [3.05, 3.63) is 59.7 Å². The van der Waals surface area contributed by atoms with Crippen LogP contribution in [0.1, 0.15) is 35.7 Å². The molecule has 118 valence electrons. The molecule has 2 aromatic carbocycles. The molecule has 0 fully saturated rings. The van der Waals surface area contributed by atoms with Gasteiger partial charge in [-0.3, -0.25) is 4.79 Å². The highest BCUT2D eigenvalue weighted by Gasteiger charge is 2.16. The summed E-state index contributed by atoms with van der Waals surface area (Å²) in [4.78, 5) is 12.6. The van der Waals surface area contributed by atoms with Crippen molar-refractivity contribution in [3.63, 3.8) is 0 Å². The molecular formula is C19H20N2O2. The molecular weight excluding hydrogens is 288 g/mol. The van der Waals surface area contributed by atoms with E-state index in [1.54, 1.807) is 12.1 Å². The first kappa shape index (κ1) is 16.7. The van der Waals surface area contributed by atoms with Gasteiger partial charge >= 0.3 is 0 Å². The summed E-state index contributed by atoms with van der Waals surface area (Å²) in [6.45, 7) is 2.03. The molecule has 1 atom stereocenters. The molecule has 4 nitrogen and oxygen atoms in total. The number of rotatable bonds is 6. The first-order valence-corrected chi connectivity index (χ1v) is 7.67. The summed E-state index contributed by atoms with van der Waals surface area (Å²) in [6.07, 6.45) is 1.37. The van der Waals surface area contributed by atoms with Gasteiger partial charge < -0.3 is 10.4 Å². The Morgan fingerprint density at radius 1 is 1.17 bits per heavy atom. The van der Waals surface area contributed by atoms with E-state index in [9.17, 15) is 10.1 Å². The van der Waals surface area contributed by atoms with Crippen LogP contribution in [0.5, 0.6) is 0 Å². The summed E-state index contributed by atoms with van der Waals surface area (Å²) < 4.78 is 0. The average molecular weight is 308 g/mol. The second kappa shape index (κ2) is 8.11. The number of aliphatic hydroxyl groups is 1. The summed E-state index contributed by atoms with van der Waals surface area (Å²) in [5.74, 6) is -0.168. The lowest BCUT2D eigenvalue weighted by Gasteiger charge is -2.16. The van der Waals surface area contributed by atoms with E-state index < -0.39 is 0 Å². The third-order valence-corrected chi connectivity index (χ3v) is 3.68. The fourth-order valence-corrected chi connectivity index (χ4v) is 2.50. The van der Waals surface area contributed by atoms with Gasteiger partial charge in [-0.1, -0.05) is 36.4 Å². The van der Waals surface area contributed by atoms with Gasteiger partial charge in [0.1, 0.15) is 0 Å². The molecule has 23 heavy (non-hydrogen) atoms. The summed E-state index contributed by atoms with van der Waals surface area (Å²) in [7, 11) is 0. The van der Waals surface area contributed by atoms with Gasteiger partial charge in [0.2, 0.25) is 0 Å². The number of carbonyl (C=O) groups is 1. The summed E-state index contributed by atoms with van der Waals surface area (Å²) in [5.41, 5.74) is 2.59. The number of aliphatic hydroxyl groups excluding tert-OH is 1. The normalized spacial score (nSPS) is 11.5. The Morgan fingerprint density at radius 2 is 1.83 bits per heavy atom. The van der Waals surface area contributed by atoms with E-state index in [0.717, 1.165) is 17.5 Å². The minimum atomic E-state index is -0.168. The maximum absolute atomic E-state index is 12.6. The number of nitrogens with one attached hydrogen (secondary N) is 1. The molecule has 2 N–H and O–H groups in total. The molecule has 2 aromatic rings. The SMILES string of the molecule is CC(CCCO)NC(=O)c1ccccc1-c1ccccc1C#N. The molecule has 0 saturated carbocycles. The Morgan fingerprint density at radius 3 is 2.52 bits per heavy atom. The van der Waals surface area contributed by atoms with Crippen LogP contribution in [0.4, 0.5) is 0 Å². The molecule has 0 aliphatic carbocycles. The minimum absolute atomic E-state index is 0.0195. The van der Waals surface area contributed by atoms with Gasteiger partial charge in [0.05, 0.1) is 11.6 Å². The fourth-order valence-electron chi connectivity index (χ4n) is 2.50. The smallest absolute Gasteiger partial charge is 0.252 e. The highest BCUT2D eigenvalue weighted by Crippen LogP contribution is 2.26. The molecule has 0 saturated heterocycles. The van der Waals surface area contributed by atoms with Crippen LogP contribution in [0.15, 0.2) is 48.5 Å². The van der Waals surface area contributed by atoms with E-state index in [1.165, 1.54) is 0 Å². The zero-order valence-corrected chi connectivity index (χ0v) is 13.1. The second-order valence-corrected chi connectivity index (χ2v) is 5.44. The van der Waals surface area contributed by atoms with Crippen molar-refractivity contribution >= 4 is 5.91 Å². The third kappa shape index (κ3) is 4.18. The first-order chi connectivity index (χ1) is 11.2. The van der Waals surface area contributed by atoms with Crippen molar-refractivity contribution in [2.45, 2.75) is 25.8 Å². The Hall–Kier alpha value is -2.64. The highest BCUT2D eigenvalue weighted by molar-refractivity contribution is 6.01. The summed E-state index contributed by atoms with van der Waals surface area (Å²) >= 11 is 0. The summed E-state index contributed by atoms with van der Waals surface area (Å²) in [6, 6.07) is 16.7. The maximum atomic E-state index is 12.6. The van der Waals surface area contributed by atoms with Crippen LogP contribution >= 0.6 is 0 Å². The highest BCUT2D eigenvalue weighted by atomic mass is 16.3.